The zero-order valence-corrected chi connectivity index (χ0v) is 9.62. The molecule has 0 aromatic carbocycles. The van der Waals surface area contributed by atoms with Crippen LogP contribution >= 0.6 is 0 Å². The van der Waals surface area contributed by atoms with Gasteiger partial charge in [0, 0.05) is 25.8 Å². The van der Waals surface area contributed by atoms with Gasteiger partial charge in [-0.25, -0.2) is 4.98 Å². The molecule has 1 heterocycles. The summed E-state index contributed by atoms with van der Waals surface area (Å²) in [5.74, 6) is 1.54. The minimum Gasteiger partial charge on any atom is -0.369 e. The highest BCUT2D eigenvalue weighted by Gasteiger charge is 1.97. The molecule has 0 aliphatic heterocycles. The molecule has 5 heteroatoms. The van der Waals surface area contributed by atoms with Crippen LogP contribution in [0.2, 0.25) is 0 Å². The number of hydrogen-bond acceptors (Lipinski definition) is 5. The molecule has 1 aromatic rings. The van der Waals surface area contributed by atoms with Crippen LogP contribution in [0.4, 0.5) is 11.8 Å². The second-order valence-electron chi connectivity index (χ2n) is 3.53. The third kappa shape index (κ3) is 4.60. The van der Waals surface area contributed by atoms with E-state index in [-0.39, 0.29) is 0 Å². The van der Waals surface area contributed by atoms with Crippen molar-refractivity contribution in [3.63, 3.8) is 0 Å². The third-order valence-electron chi connectivity index (χ3n) is 1.86. The fourth-order valence-corrected chi connectivity index (χ4v) is 1.11. The molecule has 1 rings (SSSR count). The van der Waals surface area contributed by atoms with E-state index in [1.54, 1.807) is 6.20 Å². The van der Waals surface area contributed by atoms with Gasteiger partial charge in [0.25, 0.3) is 0 Å². The van der Waals surface area contributed by atoms with Crippen molar-refractivity contribution < 1.29 is 0 Å². The molecule has 0 radical (unpaired) electrons. The lowest BCUT2D eigenvalue weighted by atomic mass is 10.5. The first-order chi connectivity index (χ1) is 7.22. The van der Waals surface area contributed by atoms with Crippen LogP contribution < -0.4 is 10.6 Å². The summed E-state index contributed by atoms with van der Waals surface area (Å²) < 4.78 is 0. The van der Waals surface area contributed by atoms with Crippen molar-refractivity contribution >= 4 is 11.8 Å². The molecule has 84 valence electrons. The minimum atomic E-state index is 0.673. The van der Waals surface area contributed by atoms with Crippen molar-refractivity contribution in [1.82, 2.24) is 14.9 Å². The Morgan fingerprint density at radius 2 is 2.13 bits per heavy atom. The molecule has 15 heavy (non-hydrogen) atoms. The van der Waals surface area contributed by atoms with E-state index in [1.807, 2.05) is 27.1 Å². The number of aromatic nitrogens is 2. The average molecular weight is 209 g/mol. The number of anilines is 2. The van der Waals surface area contributed by atoms with Gasteiger partial charge in [-0.1, -0.05) is 0 Å². The molecule has 0 bridgehead atoms. The monoisotopic (exact) mass is 209 g/mol. The predicted octanol–water partition coefficient (Wildman–Crippen LogP) is 0.882. The standard InChI is InChI=1S/C10H19N5/c1-4-11-10-13-6-5-9(14-10)12-7-8-15(2)3/h5-6H,4,7-8H2,1-3H3,(H2,11,12,13,14). The van der Waals surface area contributed by atoms with Crippen LogP contribution in [0.5, 0.6) is 0 Å². The number of nitrogens with one attached hydrogen (secondary N) is 2. The van der Waals surface area contributed by atoms with Crippen molar-refractivity contribution in [3.05, 3.63) is 12.3 Å². The van der Waals surface area contributed by atoms with Gasteiger partial charge in [-0.2, -0.15) is 4.98 Å². The maximum atomic E-state index is 4.31. The summed E-state index contributed by atoms with van der Waals surface area (Å²) in [5, 5.41) is 6.32. The summed E-state index contributed by atoms with van der Waals surface area (Å²) in [4.78, 5) is 10.5. The Morgan fingerprint density at radius 1 is 1.33 bits per heavy atom. The largest absolute Gasteiger partial charge is 0.369 e. The van der Waals surface area contributed by atoms with Gasteiger partial charge in [-0.3, -0.25) is 0 Å². The quantitative estimate of drug-likeness (QED) is 0.728. The van der Waals surface area contributed by atoms with E-state index in [0.717, 1.165) is 25.5 Å². The minimum absolute atomic E-state index is 0.673. The van der Waals surface area contributed by atoms with Crippen LogP contribution in [0, 0.1) is 0 Å². The second-order valence-corrected chi connectivity index (χ2v) is 3.53. The molecular weight excluding hydrogens is 190 g/mol. The van der Waals surface area contributed by atoms with Crippen molar-refractivity contribution in [1.29, 1.82) is 0 Å². The Hall–Kier alpha value is -1.36. The highest BCUT2D eigenvalue weighted by Crippen LogP contribution is 2.04. The molecule has 0 fully saturated rings. The highest BCUT2D eigenvalue weighted by molar-refractivity contribution is 5.39. The summed E-state index contributed by atoms with van der Waals surface area (Å²) in [6.07, 6.45) is 1.75. The summed E-state index contributed by atoms with van der Waals surface area (Å²) in [7, 11) is 4.09. The third-order valence-corrected chi connectivity index (χ3v) is 1.86. The molecule has 0 aliphatic carbocycles. The number of nitrogens with zero attached hydrogens (tertiary/aromatic N) is 3. The first kappa shape index (κ1) is 11.7. The smallest absolute Gasteiger partial charge is 0.224 e. The van der Waals surface area contributed by atoms with E-state index in [1.165, 1.54) is 0 Å². The Morgan fingerprint density at radius 3 is 2.80 bits per heavy atom. The second kappa shape index (κ2) is 6.19. The molecule has 5 nitrogen and oxygen atoms in total. The van der Waals surface area contributed by atoms with E-state index in [9.17, 15) is 0 Å². The highest BCUT2D eigenvalue weighted by atomic mass is 15.1. The van der Waals surface area contributed by atoms with Gasteiger partial charge in [0.15, 0.2) is 0 Å². The molecule has 0 saturated carbocycles. The van der Waals surface area contributed by atoms with Gasteiger partial charge in [0.1, 0.15) is 5.82 Å². The van der Waals surface area contributed by atoms with E-state index < -0.39 is 0 Å². The molecule has 2 N–H and O–H groups in total. The van der Waals surface area contributed by atoms with Crippen LogP contribution in [0.3, 0.4) is 0 Å². The fraction of sp³-hybridized carbons (Fsp3) is 0.600. The van der Waals surface area contributed by atoms with E-state index >= 15 is 0 Å². The normalized spacial score (nSPS) is 10.4. The maximum absolute atomic E-state index is 4.31. The first-order valence-electron chi connectivity index (χ1n) is 5.18. The molecule has 0 spiro atoms. The Kier molecular flexibility index (Phi) is 4.83. The summed E-state index contributed by atoms with van der Waals surface area (Å²) in [6, 6.07) is 1.87. The molecule has 1 aromatic heterocycles. The Bertz CT molecular complexity index is 287. The Labute approximate surface area is 90.9 Å². The van der Waals surface area contributed by atoms with Crippen molar-refractivity contribution in [3.8, 4) is 0 Å². The number of likely N-dealkylation sites (N-methyl/N-ethyl adjacent to an activating group) is 1. The van der Waals surface area contributed by atoms with Gasteiger partial charge in [-0.05, 0) is 27.1 Å². The lowest BCUT2D eigenvalue weighted by Crippen LogP contribution is -2.21. The van der Waals surface area contributed by atoms with E-state index in [4.69, 9.17) is 0 Å². The molecular formula is C10H19N5. The van der Waals surface area contributed by atoms with Crippen LogP contribution in [0.1, 0.15) is 6.92 Å². The van der Waals surface area contributed by atoms with Gasteiger partial charge in [0.2, 0.25) is 5.95 Å². The van der Waals surface area contributed by atoms with E-state index in [2.05, 4.69) is 25.5 Å². The molecule has 0 atom stereocenters. The summed E-state index contributed by atoms with van der Waals surface area (Å²) >= 11 is 0. The molecule has 0 saturated heterocycles. The van der Waals surface area contributed by atoms with Crippen LogP contribution in [0.15, 0.2) is 12.3 Å². The first-order valence-corrected chi connectivity index (χ1v) is 5.18. The van der Waals surface area contributed by atoms with Crippen molar-refractivity contribution in [2.45, 2.75) is 6.92 Å². The van der Waals surface area contributed by atoms with Gasteiger partial charge in [0.05, 0.1) is 0 Å². The molecule has 0 amide bonds. The SMILES string of the molecule is CCNc1nccc(NCCN(C)C)n1. The topological polar surface area (TPSA) is 53.1 Å². The zero-order valence-electron chi connectivity index (χ0n) is 9.62. The predicted molar refractivity (Wildman–Crippen MR) is 63.2 cm³/mol. The van der Waals surface area contributed by atoms with Crippen LogP contribution in [0.25, 0.3) is 0 Å². The number of rotatable bonds is 6. The Balaban J connectivity index is 2.43. The average Bonchev–Trinajstić information content (AvgIpc) is 2.18. The van der Waals surface area contributed by atoms with Gasteiger partial charge in [-0.15, -0.1) is 0 Å². The van der Waals surface area contributed by atoms with Crippen LogP contribution in [-0.2, 0) is 0 Å². The lowest BCUT2D eigenvalue weighted by molar-refractivity contribution is 0.425. The van der Waals surface area contributed by atoms with Crippen molar-refractivity contribution in [2.75, 3.05) is 44.4 Å². The lowest BCUT2D eigenvalue weighted by Gasteiger charge is -2.11. The summed E-state index contributed by atoms with van der Waals surface area (Å²) in [5.41, 5.74) is 0. The maximum Gasteiger partial charge on any atom is 0.224 e. The molecule has 0 aliphatic rings. The zero-order chi connectivity index (χ0) is 11.1. The number of hydrogen-bond donors (Lipinski definition) is 2. The summed E-state index contributed by atoms with van der Waals surface area (Å²) in [6.45, 7) is 4.73. The van der Waals surface area contributed by atoms with Crippen molar-refractivity contribution in [2.24, 2.45) is 0 Å². The van der Waals surface area contributed by atoms with Gasteiger partial charge < -0.3 is 15.5 Å². The van der Waals surface area contributed by atoms with Gasteiger partial charge >= 0.3 is 0 Å². The van der Waals surface area contributed by atoms with Crippen LogP contribution in [-0.4, -0.2) is 48.6 Å². The molecule has 0 unspecified atom stereocenters. The van der Waals surface area contributed by atoms with E-state index in [0.29, 0.717) is 5.95 Å². The fourth-order valence-electron chi connectivity index (χ4n) is 1.11.